The van der Waals surface area contributed by atoms with E-state index in [4.69, 9.17) is 0 Å². The third-order valence-electron chi connectivity index (χ3n) is 2.25. The van der Waals surface area contributed by atoms with Gasteiger partial charge in [-0.25, -0.2) is 9.66 Å². The van der Waals surface area contributed by atoms with Crippen LogP contribution in [0.3, 0.4) is 0 Å². The van der Waals surface area contributed by atoms with Crippen molar-refractivity contribution in [1.29, 1.82) is 0 Å². The second kappa shape index (κ2) is 3.54. The van der Waals surface area contributed by atoms with E-state index in [1.807, 2.05) is 49.4 Å². The highest BCUT2D eigenvalue weighted by molar-refractivity contribution is 5.44. The van der Waals surface area contributed by atoms with Crippen LogP contribution in [0.4, 0.5) is 5.69 Å². The van der Waals surface area contributed by atoms with E-state index in [2.05, 4.69) is 22.1 Å². The highest BCUT2D eigenvalue weighted by Gasteiger charge is 2.03. The lowest BCUT2D eigenvalue weighted by molar-refractivity contribution is 0.748. The summed E-state index contributed by atoms with van der Waals surface area (Å²) in [5, 5.41) is 2.06. The molecule has 3 nitrogen and oxygen atoms in total. The summed E-state index contributed by atoms with van der Waals surface area (Å²) < 4.78 is 2.01. The molecule has 0 atom stereocenters. The average molecular weight is 187 g/mol. The zero-order chi connectivity index (χ0) is 9.97. The first-order valence-electron chi connectivity index (χ1n) is 4.57. The lowest BCUT2D eigenvalue weighted by Crippen LogP contribution is -2.24. The van der Waals surface area contributed by atoms with Crippen molar-refractivity contribution in [2.45, 2.75) is 6.92 Å². The maximum atomic E-state index is 4.09. The van der Waals surface area contributed by atoms with Gasteiger partial charge in [0.1, 0.15) is 6.33 Å². The number of hydrogen-bond acceptors (Lipinski definition) is 2. The summed E-state index contributed by atoms with van der Waals surface area (Å²) in [6.45, 7) is 2.03. The average Bonchev–Trinajstić information content (AvgIpc) is 2.65. The molecule has 0 unspecified atom stereocenters. The Morgan fingerprint density at radius 2 is 1.93 bits per heavy atom. The van der Waals surface area contributed by atoms with Crippen LogP contribution in [0.5, 0.6) is 0 Å². The van der Waals surface area contributed by atoms with E-state index in [9.17, 15) is 0 Å². The van der Waals surface area contributed by atoms with Crippen molar-refractivity contribution in [3.63, 3.8) is 0 Å². The van der Waals surface area contributed by atoms with Crippen molar-refractivity contribution in [3.05, 3.63) is 48.5 Å². The first kappa shape index (κ1) is 8.81. The fourth-order valence-corrected chi connectivity index (χ4v) is 1.44. The number of benzene rings is 1. The molecule has 0 N–H and O–H groups in total. The van der Waals surface area contributed by atoms with E-state index < -0.39 is 0 Å². The molecule has 0 spiro atoms. The topological polar surface area (TPSA) is 21.1 Å². The van der Waals surface area contributed by atoms with Gasteiger partial charge in [-0.05, 0) is 19.1 Å². The number of aromatic nitrogens is 2. The minimum atomic E-state index is 1.12. The van der Waals surface area contributed by atoms with E-state index in [1.165, 1.54) is 0 Å². The van der Waals surface area contributed by atoms with Crippen LogP contribution in [-0.4, -0.2) is 16.7 Å². The molecule has 2 aromatic rings. The zero-order valence-electron chi connectivity index (χ0n) is 8.38. The van der Waals surface area contributed by atoms with Gasteiger partial charge in [0.05, 0.1) is 11.4 Å². The normalized spacial score (nSPS) is 10.1. The number of anilines is 1. The van der Waals surface area contributed by atoms with Crippen molar-refractivity contribution < 1.29 is 0 Å². The van der Waals surface area contributed by atoms with Crippen molar-refractivity contribution in [2.75, 3.05) is 12.1 Å². The molecule has 1 heterocycles. The second-order valence-corrected chi connectivity index (χ2v) is 3.24. The van der Waals surface area contributed by atoms with Crippen molar-refractivity contribution in [3.8, 4) is 0 Å². The summed E-state index contributed by atoms with van der Waals surface area (Å²) in [6.07, 6.45) is 3.65. The van der Waals surface area contributed by atoms with Crippen molar-refractivity contribution in [1.82, 2.24) is 9.66 Å². The molecule has 14 heavy (non-hydrogen) atoms. The number of nitrogens with zero attached hydrogens (tertiary/aromatic N) is 3. The van der Waals surface area contributed by atoms with Crippen LogP contribution in [0.25, 0.3) is 0 Å². The van der Waals surface area contributed by atoms with Gasteiger partial charge in [-0.15, -0.1) is 0 Å². The molecule has 0 aliphatic rings. The maximum Gasteiger partial charge on any atom is 0.115 e. The Balaban J connectivity index is 2.34. The largest absolute Gasteiger partial charge is 0.283 e. The van der Waals surface area contributed by atoms with Crippen molar-refractivity contribution in [2.24, 2.45) is 0 Å². The van der Waals surface area contributed by atoms with E-state index in [-0.39, 0.29) is 0 Å². The van der Waals surface area contributed by atoms with E-state index in [0.29, 0.717) is 0 Å². The fraction of sp³-hybridized carbons (Fsp3) is 0.182. The Bertz CT molecular complexity index is 405. The molecule has 72 valence electrons. The van der Waals surface area contributed by atoms with Gasteiger partial charge in [-0.3, -0.25) is 5.01 Å². The van der Waals surface area contributed by atoms with Gasteiger partial charge in [0.15, 0.2) is 0 Å². The Kier molecular flexibility index (Phi) is 2.23. The van der Waals surface area contributed by atoms with E-state index in [0.717, 1.165) is 11.4 Å². The molecular weight excluding hydrogens is 174 g/mol. The highest BCUT2D eigenvalue weighted by atomic mass is 15.5. The molecule has 3 heteroatoms. The van der Waals surface area contributed by atoms with Crippen LogP contribution < -0.4 is 5.01 Å². The quantitative estimate of drug-likeness (QED) is 0.717. The molecule has 0 saturated heterocycles. The Hall–Kier alpha value is -1.77. The van der Waals surface area contributed by atoms with Crippen LogP contribution in [-0.2, 0) is 0 Å². The monoisotopic (exact) mass is 187 g/mol. The smallest absolute Gasteiger partial charge is 0.115 e. The van der Waals surface area contributed by atoms with Gasteiger partial charge in [-0.2, -0.15) is 0 Å². The number of rotatable bonds is 2. The minimum absolute atomic E-state index is 1.12. The molecule has 2 rings (SSSR count). The second-order valence-electron chi connectivity index (χ2n) is 3.24. The number of imidazole rings is 1. The predicted molar refractivity (Wildman–Crippen MR) is 57.2 cm³/mol. The fourth-order valence-electron chi connectivity index (χ4n) is 1.44. The minimum Gasteiger partial charge on any atom is -0.283 e. The standard InChI is InChI=1S/C11H13N3/c1-10-8-12-9-14(10)13(2)11-6-4-3-5-7-11/h3-9H,1-2H3. The lowest BCUT2D eigenvalue weighted by atomic mass is 10.3. The number of para-hydroxylation sites is 1. The summed E-state index contributed by atoms with van der Waals surface area (Å²) >= 11 is 0. The van der Waals surface area contributed by atoms with E-state index in [1.54, 1.807) is 0 Å². The van der Waals surface area contributed by atoms with Crippen LogP contribution in [0, 0.1) is 6.92 Å². The highest BCUT2D eigenvalue weighted by Crippen LogP contribution is 2.13. The molecule has 1 aromatic carbocycles. The first-order valence-corrected chi connectivity index (χ1v) is 4.57. The molecule has 0 bridgehead atoms. The zero-order valence-corrected chi connectivity index (χ0v) is 8.38. The van der Waals surface area contributed by atoms with Crippen LogP contribution in [0.15, 0.2) is 42.9 Å². The molecule has 0 fully saturated rings. The molecule has 0 aliphatic heterocycles. The van der Waals surface area contributed by atoms with Gasteiger partial charge in [0, 0.05) is 13.2 Å². The third-order valence-corrected chi connectivity index (χ3v) is 2.25. The van der Waals surface area contributed by atoms with Crippen LogP contribution >= 0.6 is 0 Å². The molecule has 0 radical (unpaired) electrons. The summed E-state index contributed by atoms with van der Waals surface area (Å²) in [6, 6.07) is 10.2. The van der Waals surface area contributed by atoms with Gasteiger partial charge in [0.2, 0.25) is 0 Å². The van der Waals surface area contributed by atoms with Gasteiger partial charge >= 0.3 is 0 Å². The Morgan fingerprint density at radius 3 is 2.50 bits per heavy atom. The number of hydrogen-bond donors (Lipinski definition) is 0. The maximum absolute atomic E-state index is 4.09. The summed E-state index contributed by atoms with van der Waals surface area (Å²) in [7, 11) is 2.02. The van der Waals surface area contributed by atoms with Crippen LogP contribution in [0.2, 0.25) is 0 Å². The molecule has 0 saturated carbocycles. The van der Waals surface area contributed by atoms with Gasteiger partial charge in [0.25, 0.3) is 0 Å². The third kappa shape index (κ3) is 1.48. The lowest BCUT2D eigenvalue weighted by Gasteiger charge is -2.21. The Morgan fingerprint density at radius 1 is 1.21 bits per heavy atom. The van der Waals surface area contributed by atoms with Crippen LogP contribution in [0.1, 0.15) is 5.69 Å². The van der Waals surface area contributed by atoms with E-state index >= 15 is 0 Å². The summed E-state index contributed by atoms with van der Waals surface area (Å²) in [4.78, 5) is 4.09. The van der Waals surface area contributed by atoms with Gasteiger partial charge < -0.3 is 0 Å². The predicted octanol–water partition coefficient (Wildman–Crippen LogP) is 2.09. The molecular formula is C11H13N3. The first-order chi connectivity index (χ1) is 6.79. The molecule has 0 amide bonds. The van der Waals surface area contributed by atoms with Gasteiger partial charge in [-0.1, -0.05) is 18.2 Å². The Labute approximate surface area is 83.6 Å². The number of aryl methyl sites for hydroxylation is 1. The molecule has 0 aliphatic carbocycles. The summed E-state index contributed by atoms with van der Waals surface area (Å²) in [5.41, 5.74) is 2.27. The summed E-state index contributed by atoms with van der Waals surface area (Å²) in [5.74, 6) is 0. The van der Waals surface area contributed by atoms with Crippen molar-refractivity contribution >= 4 is 5.69 Å². The SMILES string of the molecule is Cc1cncn1N(C)c1ccccc1. The molecule has 1 aromatic heterocycles.